The molecule has 17 heavy (non-hydrogen) atoms. The van der Waals surface area contributed by atoms with Crippen molar-refractivity contribution in [3.05, 3.63) is 0 Å². The van der Waals surface area contributed by atoms with E-state index in [0.717, 1.165) is 37.6 Å². The predicted octanol–water partition coefficient (Wildman–Crippen LogP) is 1.81. The molecule has 0 aromatic carbocycles. The first kappa shape index (κ1) is 15.1. The molecule has 0 saturated carbocycles. The fraction of sp³-hybridized carbons (Fsp3) is 0.917. The van der Waals surface area contributed by atoms with Crippen molar-refractivity contribution < 1.29 is 4.79 Å². The third-order valence-corrected chi connectivity index (χ3v) is 4.85. The summed E-state index contributed by atoms with van der Waals surface area (Å²) >= 11 is 1.81. The van der Waals surface area contributed by atoms with Gasteiger partial charge >= 0.3 is 0 Å². The maximum absolute atomic E-state index is 11.7. The number of hydrogen-bond donors (Lipinski definition) is 2. The molecule has 100 valence electrons. The van der Waals surface area contributed by atoms with Crippen LogP contribution >= 0.6 is 24.2 Å². The maximum atomic E-state index is 11.7. The van der Waals surface area contributed by atoms with Gasteiger partial charge in [-0.05, 0) is 56.9 Å². The van der Waals surface area contributed by atoms with Crippen LogP contribution in [0.1, 0.15) is 32.1 Å². The molecular formula is C12H23ClN2OS. The minimum absolute atomic E-state index is 0. The quantitative estimate of drug-likeness (QED) is 0.824. The molecule has 1 amide bonds. The number of thioether (sulfide) groups is 1. The molecule has 2 aliphatic heterocycles. The molecule has 0 aromatic heterocycles. The van der Waals surface area contributed by atoms with E-state index in [9.17, 15) is 4.79 Å². The number of amides is 1. The van der Waals surface area contributed by atoms with Crippen molar-refractivity contribution in [2.75, 3.05) is 25.4 Å². The first-order valence-corrected chi connectivity index (χ1v) is 7.51. The number of piperidine rings is 1. The SMILES string of the molecule is Cl.O=C(NCCC1CCCNC1)C1CCCS1. The third-order valence-electron chi connectivity index (χ3n) is 3.47. The average molecular weight is 279 g/mol. The van der Waals surface area contributed by atoms with Gasteiger partial charge in [-0.3, -0.25) is 4.79 Å². The Bertz CT molecular complexity index is 229. The molecular weight excluding hydrogens is 256 g/mol. The van der Waals surface area contributed by atoms with Crippen LogP contribution < -0.4 is 10.6 Å². The molecule has 0 radical (unpaired) electrons. The summed E-state index contributed by atoms with van der Waals surface area (Å²) in [6.07, 6.45) is 6.02. The van der Waals surface area contributed by atoms with E-state index in [1.807, 2.05) is 11.8 Å². The van der Waals surface area contributed by atoms with E-state index in [0.29, 0.717) is 0 Å². The van der Waals surface area contributed by atoms with Crippen LogP contribution in [0, 0.1) is 5.92 Å². The van der Waals surface area contributed by atoms with Crippen molar-refractivity contribution in [3.8, 4) is 0 Å². The lowest BCUT2D eigenvalue weighted by Crippen LogP contribution is -2.35. The fourth-order valence-corrected chi connectivity index (χ4v) is 3.65. The lowest BCUT2D eigenvalue weighted by Gasteiger charge is -2.22. The standard InChI is InChI=1S/C12H22N2OS.ClH/c15-12(11-4-2-8-16-11)14-7-5-10-3-1-6-13-9-10;/h10-11,13H,1-9H2,(H,14,15);1H. The summed E-state index contributed by atoms with van der Waals surface area (Å²) in [5.41, 5.74) is 0. The Hall–Kier alpha value is 0.0700. The monoisotopic (exact) mass is 278 g/mol. The van der Waals surface area contributed by atoms with Gasteiger partial charge in [-0.2, -0.15) is 0 Å². The number of carbonyl (C=O) groups excluding carboxylic acids is 1. The van der Waals surface area contributed by atoms with E-state index >= 15 is 0 Å². The highest BCUT2D eigenvalue weighted by molar-refractivity contribution is 8.00. The summed E-state index contributed by atoms with van der Waals surface area (Å²) in [5.74, 6) is 2.20. The molecule has 5 heteroatoms. The molecule has 2 aliphatic rings. The molecule has 3 nitrogen and oxygen atoms in total. The van der Waals surface area contributed by atoms with Crippen LogP contribution in [0.3, 0.4) is 0 Å². The highest BCUT2D eigenvalue weighted by atomic mass is 35.5. The predicted molar refractivity (Wildman–Crippen MR) is 75.9 cm³/mol. The van der Waals surface area contributed by atoms with Crippen molar-refractivity contribution in [3.63, 3.8) is 0 Å². The lowest BCUT2D eigenvalue weighted by atomic mass is 9.96. The minimum Gasteiger partial charge on any atom is -0.355 e. The minimum atomic E-state index is 0. The molecule has 0 aliphatic carbocycles. The molecule has 0 spiro atoms. The lowest BCUT2D eigenvalue weighted by molar-refractivity contribution is -0.120. The van der Waals surface area contributed by atoms with E-state index in [4.69, 9.17) is 0 Å². The molecule has 2 rings (SSSR count). The maximum Gasteiger partial charge on any atom is 0.233 e. The number of rotatable bonds is 4. The van der Waals surface area contributed by atoms with Gasteiger partial charge in [-0.1, -0.05) is 0 Å². The van der Waals surface area contributed by atoms with Gasteiger partial charge in [0.2, 0.25) is 5.91 Å². The van der Waals surface area contributed by atoms with Crippen LogP contribution in [0.2, 0.25) is 0 Å². The second-order valence-corrected chi connectivity index (χ2v) is 6.10. The summed E-state index contributed by atoms with van der Waals surface area (Å²) < 4.78 is 0. The van der Waals surface area contributed by atoms with E-state index in [-0.39, 0.29) is 23.6 Å². The second-order valence-electron chi connectivity index (χ2n) is 4.79. The average Bonchev–Trinajstić information content (AvgIpc) is 2.84. The van der Waals surface area contributed by atoms with Crippen molar-refractivity contribution in [1.82, 2.24) is 10.6 Å². The Labute approximate surface area is 114 Å². The van der Waals surface area contributed by atoms with Gasteiger partial charge in [0.05, 0.1) is 5.25 Å². The fourth-order valence-electron chi connectivity index (χ4n) is 2.47. The molecule has 2 heterocycles. The Morgan fingerprint density at radius 2 is 2.24 bits per heavy atom. The van der Waals surface area contributed by atoms with Crippen molar-refractivity contribution in [1.29, 1.82) is 0 Å². The first-order valence-electron chi connectivity index (χ1n) is 6.46. The summed E-state index contributed by atoms with van der Waals surface area (Å²) in [6, 6.07) is 0. The van der Waals surface area contributed by atoms with E-state index < -0.39 is 0 Å². The van der Waals surface area contributed by atoms with Crippen molar-refractivity contribution in [2.24, 2.45) is 5.92 Å². The Kier molecular flexibility index (Phi) is 7.32. The molecule has 2 unspecified atom stereocenters. The highest BCUT2D eigenvalue weighted by Gasteiger charge is 2.23. The van der Waals surface area contributed by atoms with Crippen molar-refractivity contribution in [2.45, 2.75) is 37.4 Å². The number of carbonyl (C=O) groups is 1. The Morgan fingerprint density at radius 1 is 1.35 bits per heavy atom. The second kappa shape index (κ2) is 8.22. The third kappa shape index (κ3) is 5.06. The Morgan fingerprint density at radius 3 is 2.88 bits per heavy atom. The Balaban J connectivity index is 0.00000144. The largest absolute Gasteiger partial charge is 0.355 e. The van der Waals surface area contributed by atoms with Gasteiger partial charge in [0.25, 0.3) is 0 Å². The van der Waals surface area contributed by atoms with Gasteiger partial charge in [-0.15, -0.1) is 24.2 Å². The number of hydrogen-bond acceptors (Lipinski definition) is 3. The van der Waals surface area contributed by atoms with Crippen LogP contribution in [-0.2, 0) is 4.79 Å². The molecule has 0 bridgehead atoms. The summed E-state index contributed by atoms with van der Waals surface area (Å²) in [4.78, 5) is 11.7. The zero-order valence-corrected chi connectivity index (χ0v) is 11.9. The molecule has 2 fully saturated rings. The van der Waals surface area contributed by atoms with Gasteiger partial charge in [0.15, 0.2) is 0 Å². The van der Waals surface area contributed by atoms with Gasteiger partial charge < -0.3 is 10.6 Å². The van der Waals surface area contributed by atoms with Crippen LogP contribution in [0.15, 0.2) is 0 Å². The summed E-state index contributed by atoms with van der Waals surface area (Å²) in [5, 5.41) is 6.74. The van der Waals surface area contributed by atoms with Gasteiger partial charge in [0, 0.05) is 6.54 Å². The number of halogens is 1. The normalized spacial score (nSPS) is 28.5. The van der Waals surface area contributed by atoms with Gasteiger partial charge in [0.1, 0.15) is 0 Å². The van der Waals surface area contributed by atoms with E-state index in [2.05, 4.69) is 10.6 Å². The molecule has 2 atom stereocenters. The van der Waals surface area contributed by atoms with Crippen LogP contribution in [0.5, 0.6) is 0 Å². The first-order chi connectivity index (χ1) is 7.86. The number of nitrogens with one attached hydrogen (secondary N) is 2. The smallest absolute Gasteiger partial charge is 0.233 e. The molecule has 0 aromatic rings. The van der Waals surface area contributed by atoms with Crippen LogP contribution in [0.4, 0.5) is 0 Å². The van der Waals surface area contributed by atoms with E-state index in [1.165, 1.54) is 25.8 Å². The zero-order chi connectivity index (χ0) is 11.2. The van der Waals surface area contributed by atoms with Gasteiger partial charge in [-0.25, -0.2) is 0 Å². The van der Waals surface area contributed by atoms with Crippen LogP contribution in [0.25, 0.3) is 0 Å². The van der Waals surface area contributed by atoms with Crippen LogP contribution in [-0.4, -0.2) is 36.5 Å². The van der Waals surface area contributed by atoms with E-state index in [1.54, 1.807) is 0 Å². The zero-order valence-electron chi connectivity index (χ0n) is 10.2. The summed E-state index contributed by atoms with van der Waals surface area (Å²) in [6.45, 7) is 3.16. The topological polar surface area (TPSA) is 41.1 Å². The molecule has 2 saturated heterocycles. The summed E-state index contributed by atoms with van der Waals surface area (Å²) in [7, 11) is 0. The molecule has 2 N–H and O–H groups in total. The highest BCUT2D eigenvalue weighted by Crippen LogP contribution is 2.26. The van der Waals surface area contributed by atoms with Crippen molar-refractivity contribution >= 4 is 30.1 Å².